The van der Waals surface area contributed by atoms with Crippen molar-refractivity contribution in [1.82, 2.24) is 0 Å². The molecule has 0 aliphatic rings. The molecule has 0 bridgehead atoms. The van der Waals surface area contributed by atoms with Gasteiger partial charge in [-0.05, 0) is 23.8 Å². The minimum atomic E-state index is -0.280. The van der Waals surface area contributed by atoms with E-state index in [1.165, 1.54) is 0 Å². The third-order valence-electron chi connectivity index (χ3n) is 2.67. The van der Waals surface area contributed by atoms with Crippen LogP contribution in [-0.2, 0) is 0 Å². The molecule has 0 fully saturated rings. The fraction of sp³-hybridized carbons (Fsp3) is 0.125. The highest BCUT2D eigenvalue weighted by Crippen LogP contribution is 2.28. The molecule has 1 N–H and O–H groups in total. The van der Waals surface area contributed by atoms with E-state index in [0.29, 0.717) is 17.2 Å². The Bertz CT molecular complexity index is 552. The lowest BCUT2D eigenvalue weighted by Gasteiger charge is -2.19. The normalized spacial score (nSPS) is 11.8. The predicted octanol–water partition coefficient (Wildman–Crippen LogP) is 4.92. The van der Waals surface area contributed by atoms with E-state index >= 15 is 0 Å². The van der Waals surface area contributed by atoms with Gasteiger partial charge in [0.1, 0.15) is 11.9 Å². The molecule has 98 valence electrons. The molecule has 0 saturated heterocycles. The Balaban J connectivity index is 2.21. The summed E-state index contributed by atoms with van der Waals surface area (Å²) in [6.45, 7) is 3.53. The van der Waals surface area contributed by atoms with Crippen molar-refractivity contribution in [1.29, 1.82) is 0 Å². The first-order valence-corrected chi connectivity index (χ1v) is 6.37. The van der Waals surface area contributed by atoms with E-state index in [1.54, 1.807) is 12.1 Å². The van der Waals surface area contributed by atoms with Crippen molar-refractivity contribution in [2.75, 3.05) is 0 Å². The SMILES string of the molecule is C=C(O)C[C@H](Oc1cccc(Cl)c1)c1ccccc1. The van der Waals surface area contributed by atoms with Gasteiger partial charge in [-0.1, -0.05) is 54.6 Å². The van der Waals surface area contributed by atoms with Crippen LogP contribution in [0.2, 0.25) is 5.02 Å². The van der Waals surface area contributed by atoms with Gasteiger partial charge in [-0.25, -0.2) is 0 Å². The van der Waals surface area contributed by atoms with Gasteiger partial charge in [0, 0.05) is 11.4 Å². The van der Waals surface area contributed by atoms with Gasteiger partial charge >= 0.3 is 0 Å². The van der Waals surface area contributed by atoms with Crippen molar-refractivity contribution < 1.29 is 9.84 Å². The molecule has 0 saturated carbocycles. The van der Waals surface area contributed by atoms with Gasteiger partial charge in [0.25, 0.3) is 0 Å². The van der Waals surface area contributed by atoms with E-state index in [2.05, 4.69) is 6.58 Å². The number of hydrogen-bond acceptors (Lipinski definition) is 2. The number of hydrogen-bond donors (Lipinski definition) is 1. The summed E-state index contributed by atoms with van der Waals surface area (Å²) in [7, 11) is 0. The maximum atomic E-state index is 9.42. The van der Waals surface area contributed by atoms with Gasteiger partial charge < -0.3 is 9.84 Å². The van der Waals surface area contributed by atoms with Crippen molar-refractivity contribution >= 4 is 11.6 Å². The van der Waals surface area contributed by atoms with Gasteiger partial charge in [0.15, 0.2) is 0 Å². The summed E-state index contributed by atoms with van der Waals surface area (Å²) in [5.74, 6) is 0.762. The molecule has 0 aromatic heterocycles. The molecule has 2 aromatic rings. The number of halogens is 1. The highest BCUT2D eigenvalue weighted by Gasteiger charge is 2.14. The van der Waals surface area contributed by atoms with Gasteiger partial charge in [-0.2, -0.15) is 0 Å². The van der Waals surface area contributed by atoms with Crippen LogP contribution in [0.1, 0.15) is 18.1 Å². The second-order valence-electron chi connectivity index (χ2n) is 4.24. The highest BCUT2D eigenvalue weighted by molar-refractivity contribution is 6.30. The first kappa shape index (κ1) is 13.5. The highest BCUT2D eigenvalue weighted by atomic mass is 35.5. The Morgan fingerprint density at radius 3 is 2.53 bits per heavy atom. The Kier molecular flexibility index (Phi) is 4.48. The quantitative estimate of drug-likeness (QED) is 0.784. The van der Waals surface area contributed by atoms with Crippen LogP contribution in [-0.4, -0.2) is 5.11 Å². The first-order chi connectivity index (χ1) is 9.15. The second kappa shape index (κ2) is 6.30. The van der Waals surface area contributed by atoms with Crippen molar-refractivity contribution in [3.8, 4) is 5.75 Å². The number of aliphatic hydroxyl groups is 1. The Morgan fingerprint density at radius 2 is 1.89 bits per heavy atom. The molecule has 0 aliphatic heterocycles. The fourth-order valence-corrected chi connectivity index (χ4v) is 1.99. The predicted molar refractivity (Wildman–Crippen MR) is 77.6 cm³/mol. The monoisotopic (exact) mass is 274 g/mol. The van der Waals surface area contributed by atoms with Gasteiger partial charge in [0.2, 0.25) is 0 Å². The number of ether oxygens (including phenoxy) is 1. The summed E-state index contributed by atoms with van der Waals surface area (Å²) in [4.78, 5) is 0. The van der Waals surface area contributed by atoms with Crippen LogP contribution in [0.15, 0.2) is 66.9 Å². The Labute approximate surface area is 117 Å². The summed E-state index contributed by atoms with van der Waals surface area (Å²) in [5.41, 5.74) is 0.984. The minimum absolute atomic E-state index is 0.0934. The number of aliphatic hydroxyl groups excluding tert-OH is 1. The summed E-state index contributed by atoms with van der Waals surface area (Å²) in [5, 5.41) is 10.0. The Morgan fingerprint density at radius 1 is 1.16 bits per heavy atom. The van der Waals surface area contributed by atoms with Crippen LogP contribution in [0.4, 0.5) is 0 Å². The van der Waals surface area contributed by atoms with E-state index < -0.39 is 0 Å². The van der Waals surface area contributed by atoms with Crippen LogP contribution in [0, 0.1) is 0 Å². The zero-order valence-corrected chi connectivity index (χ0v) is 11.2. The van der Waals surface area contributed by atoms with E-state index in [1.807, 2.05) is 42.5 Å². The summed E-state index contributed by atoms with van der Waals surface area (Å²) >= 11 is 5.93. The van der Waals surface area contributed by atoms with Crippen LogP contribution in [0.3, 0.4) is 0 Å². The standard InChI is InChI=1S/C16H15ClO2/c1-12(18)10-16(13-6-3-2-4-7-13)19-15-9-5-8-14(17)11-15/h2-9,11,16,18H,1,10H2/t16-/m0/s1. The van der Waals surface area contributed by atoms with E-state index in [-0.39, 0.29) is 11.9 Å². The summed E-state index contributed by atoms with van der Waals surface area (Å²) in [6.07, 6.45) is 0.0634. The molecule has 0 amide bonds. The van der Waals surface area contributed by atoms with Crippen molar-refractivity contribution in [2.24, 2.45) is 0 Å². The number of benzene rings is 2. The van der Waals surface area contributed by atoms with Crippen molar-refractivity contribution in [3.63, 3.8) is 0 Å². The zero-order chi connectivity index (χ0) is 13.7. The van der Waals surface area contributed by atoms with Crippen LogP contribution in [0.5, 0.6) is 5.75 Å². The lowest BCUT2D eigenvalue weighted by molar-refractivity contribution is 0.186. The fourth-order valence-electron chi connectivity index (χ4n) is 1.81. The van der Waals surface area contributed by atoms with E-state index in [9.17, 15) is 5.11 Å². The molecule has 2 nitrogen and oxygen atoms in total. The molecule has 2 aromatic carbocycles. The first-order valence-electron chi connectivity index (χ1n) is 5.99. The van der Waals surface area contributed by atoms with E-state index in [0.717, 1.165) is 5.56 Å². The minimum Gasteiger partial charge on any atom is -0.513 e. The van der Waals surface area contributed by atoms with Crippen molar-refractivity contribution in [3.05, 3.63) is 77.5 Å². The van der Waals surface area contributed by atoms with Crippen LogP contribution in [0.25, 0.3) is 0 Å². The Hall–Kier alpha value is -1.93. The molecule has 0 heterocycles. The largest absolute Gasteiger partial charge is 0.513 e. The molecule has 3 heteroatoms. The third-order valence-corrected chi connectivity index (χ3v) is 2.90. The maximum Gasteiger partial charge on any atom is 0.131 e. The smallest absolute Gasteiger partial charge is 0.131 e. The maximum absolute atomic E-state index is 9.42. The van der Waals surface area contributed by atoms with Crippen LogP contribution < -0.4 is 4.74 Å². The van der Waals surface area contributed by atoms with Gasteiger partial charge in [-0.3, -0.25) is 0 Å². The van der Waals surface area contributed by atoms with E-state index in [4.69, 9.17) is 16.3 Å². The average molecular weight is 275 g/mol. The van der Waals surface area contributed by atoms with Gasteiger partial charge in [-0.15, -0.1) is 0 Å². The van der Waals surface area contributed by atoms with Crippen molar-refractivity contribution in [2.45, 2.75) is 12.5 Å². The average Bonchev–Trinajstić information content (AvgIpc) is 2.38. The topological polar surface area (TPSA) is 29.5 Å². The summed E-state index contributed by atoms with van der Waals surface area (Å²) < 4.78 is 5.89. The van der Waals surface area contributed by atoms with Gasteiger partial charge in [0.05, 0.1) is 5.76 Å². The summed E-state index contributed by atoms with van der Waals surface area (Å²) in [6, 6.07) is 16.9. The molecule has 0 aliphatic carbocycles. The molecule has 1 atom stereocenters. The molecular weight excluding hydrogens is 260 g/mol. The molecule has 0 spiro atoms. The van der Waals surface area contributed by atoms with Crippen LogP contribution >= 0.6 is 11.6 Å². The lowest BCUT2D eigenvalue weighted by Crippen LogP contribution is -2.08. The molecule has 0 radical (unpaired) electrons. The lowest BCUT2D eigenvalue weighted by atomic mass is 10.1. The third kappa shape index (κ3) is 4.04. The molecular formula is C16H15ClO2. The zero-order valence-electron chi connectivity index (χ0n) is 10.4. The molecule has 2 rings (SSSR count). The molecule has 0 unspecified atom stereocenters. The number of rotatable bonds is 5. The second-order valence-corrected chi connectivity index (χ2v) is 4.68. The molecule has 19 heavy (non-hydrogen) atoms.